The Morgan fingerprint density at radius 1 is 1.23 bits per heavy atom. The number of nitrogens with zero attached hydrogens (tertiary/aromatic N) is 4. The van der Waals surface area contributed by atoms with Crippen molar-refractivity contribution in [2.75, 3.05) is 4.72 Å². The van der Waals surface area contributed by atoms with Crippen LogP contribution in [0.15, 0.2) is 33.8 Å². The zero-order valence-corrected chi connectivity index (χ0v) is 17.9. The van der Waals surface area contributed by atoms with E-state index in [-0.39, 0.29) is 9.77 Å². The van der Waals surface area contributed by atoms with Gasteiger partial charge in [-0.05, 0) is 32.9 Å². The van der Waals surface area contributed by atoms with Gasteiger partial charge in [0.05, 0.1) is 22.5 Å². The van der Waals surface area contributed by atoms with Crippen LogP contribution in [0.5, 0.6) is 0 Å². The van der Waals surface area contributed by atoms with Gasteiger partial charge in [-0.25, -0.2) is 22.8 Å². The third kappa shape index (κ3) is 4.61. The molecule has 0 saturated heterocycles. The second kappa shape index (κ2) is 8.56. The molecule has 3 N–H and O–H groups in total. The van der Waals surface area contributed by atoms with E-state index in [1.54, 1.807) is 26.8 Å². The molecule has 3 aromatic rings. The summed E-state index contributed by atoms with van der Waals surface area (Å²) in [6, 6.07) is 3.06. The molecule has 11 heteroatoms. The van der Waals surface area contributed by atoms with Crippen molar-refractivity contribution < 1.29 is 12.8 Å². The summed E-state index contributed by atoms with van der Waals surface area (Å²) in [4.78, 5) is 12.1. The van der Waals surface area contributed by atoms with Gasteiger partial charge in [0, 0.05) is 29.2 Å². The molecule has 0 unspecified atom stereocenters. The minimum Gasteiger partial charge on any atom is -0.323 e. The van der Waals surface area contributed by atoms with Gasteiger partial charge < -0.3 is 5.84 Å². The highest BCUT2D eigenvalue weighted by Gasteiger charge is 2.23. The molecule has 0 fully saturated rings. The molecule has 30 heavy (non-hydrogen) atoms. The Hall–Kier alpha value is -3.36. The van der Waals surface area contributed by atoms with Gasteiger partial charge in [-0.3, -0.25) is 9.71 Å². The molecule has 0 radical (unpaired) electrons. The van der Waals surface area contributed by atoms with E-state index in [2.05, 4.69) is 36.6 Å². The summed E-state index contributed by atoms with van der Waals surface area (Å²) in [5.41, 5.74) is 2.24. The monoisotopic (exact) mass is 444 g/mol. The summed E-state index contributed by atoms with van der Waals surface area (Å²) >= 11 is 0.998. The first-order chi connectivity index (χ1) is 14.2. The van der Waals surface area contributed by atoms with Crippen molar-refractivity contribution in [1.29, 1.82) is 0 Å². The number of nitrogens with one attached hydrogen (secondary N) is 1. The second-order valence-corrected chi connectivity index (χ2v) is 9.24. The van der Waals surface area contributed by atoms with E-state index in [1.165, 1.54) is 24.7 Å². The topological polar surface area (TPSA) is 123 Å². The first-order valence-electron chi connectivity index (χ1n) is 8.54. The van der Waals surface area contributed by atoms with Gasteiger partial charge in [-0.15, -0.1) is 11.3 Å². The Labute approximate surface area is 177 Å². The molecular formula is C19H17FN6O2S2. The molecular weight excluding hydrogens is 427 g/mol. The Kier molecular flexibility index (Phi) is 6.09. The van der Waals surface area contributed by atoms with E-state index in [0.717, 1.165) is 17.0 Å². The van der Waals surface area contributed by atoms with Crippen LogP contribution in [-0.4, -0.2) is 29.6 Å². The molecule has 3 aromatic heterocycles. The molecule has 0 aliphatic rings. The van der Waals surface area contributed by atoms with Crippen LogP contribution in [0.25, 0.3) is 0 Å². The van der Waals surface area contributed by atoms with Crippen LogP contribution in [0.3, 0.4) is 0 Å². The second-order valence-electron chi connectivity index (χ2n) is 6.16. The number of aromatic nitrogens is 3. The summed E-state index contributed by atoms with van der Waals surface area (Å²) in [6.45, 7) is 5.06. The van der Waals surface area contributed by atoms with Crippen molar-refractivity contribution in [2.45, 2.75) is 25.0 Å². The van der Waals surface area contributed by atoms with Crippen LogP contribution in [0.2, 0.25) is 0 Å². The zero-order chi connectivity index (χ0) is 21.9. The molecule has 0 saturated carbocycles. The Balaban J connectivity index is 1.93. The highest BCUT2D eigenvalue weighted by molar-refractivity contribution is 7.94. The lowest BCUT2D eigenvalue weighted by Gasteiger charge is -2.07. The van der Waals surface area contributed by atoms with Gasteiger partial charge in [0.1, 0.15) is 0 Å². The number of thiazole rings is 1. The molecule has 0 bridgehead atoms. The van der Waals surface area contributed by atoms with Gasteiger partial charge in [-0.2, -0.15) is 5.10 Å². The van der Waals surface area contributed by atoms with E-state index >= 15 is 0 Å². The van der Waals surface area contributed by atoms with Gasteiger partial charge >= 0.3 is 0 Å². The lowest BCUT2D eigenvalue weighted by atomic mass is 10.1. The summed E-state index contributed by atoms with van der Waals surface area (Å²) < 4.78 is 42.2. The quantitative estimate of drug-likeness (QED) is 0.276. The summed E-state index contributed by atoms with van der Waals surface area (Å²) in [5.74, 6) is 9.32. The predicted molar refractivity (Wildman–Crippen MR) is 113 cm³/mol. The van der Waals surface area contributed by atoms with Crippen LogP contribution < -0.4 is 10.6 Å². The molecule has 0 amide bonds. The molecule has 0 aliphatic carbocycles. The molecule has 154 valence electrons. The van der Waals surface area contributed by atoms with Crippen molar-refractivity contribution >= 4 is 33.4 Å². The number of sulfonamides is 1. The molecule has 8 nitrogen and oxygen atoms in total. The number of pyridine rings is 2. The maximum absolute atomic E-state index is 14.8. The minimum atomic E-state index is -4.03. The van der Waals surface area contributed by atoms with Crippen molar-refractivity contribution in [1.82, 2.24) is 15.0 Å². The Morgan fingerprint density at radius 3 is 2.67 bits per heavy atom. The fourth-order valence-corrected chi connectivity index (χ4v) is 5.01. The zero-order valence-electron chi connectivity index (χ0n) is 16.3. The third-order valence-corrected chi connectivity index (χ3v) is 6.93. The van der Waals surface area contributed by atoms with Crippen molar-refractivity contribution in [3.05, 3.63) is 63.4 Å². The summed E-state index contributed by atoms with van der Waals surface area (Å²) in [5, 5.41) is 4.06. The predicted octanol–water partition coefficient (Wildman–Crippen LogP) is 2.49. The van der Waals surface area contributed by atoms with E-state index in [1.807, 2.05) is 0 Å². The van der Waals surface area contributed by atoms with Gasteiger partial charge in [-0.1, -0.05) is 11.8 Å². The number of hydrogen-bond acceptors (Lipinski definition) is 8. The highest BCUT2D eigenvalue weighted by atomic mass is 32.2. The molecule has 0 aliphatic heterocycles. The maximum atomic E-state index is 14.8. The standard InChI is InChI=1S/C19H17FN6O2S2/c1-11-16(10-24-21)8-14(9-23-11)4-5-15-6-7-22-18(17(15)20)26-30(27,28)19-12(2)25-13(3)29-19/h6-10H,21H2,1-3H3,(H,22,26)/b24-10-. The SMILES string of the molecule is Cc1nc(C)c(S(=O)(=O)Nc2nccc(C#Cc3cnc(C)c(/C=N\N)c3)c2F)s1. The largest absolute Gasteiger partial charge is 0.323 e. The van der Waals surface area contributed by atoms with Gasteiger partial charge in [0.25, 0.3) is 10.0 Å². The Morgan fingerprint density at radius 2 is 2.00 bits per heavy atom. The van der Waals surface area contributed by atoms with E-state index in [4.69, 9.17) is 5.84 Å². The van der Waals surface area contributed by atoms with E-state index in [9.17, 15) is 12.8 Å². The summed E-state index contributed by atoms with van der Waals surface area (Å²) in [6.07, 6.45) is 4.25. The van der Waals surface area contributed by atoms with Crippen molar-refractivity contribution in [2.24, 2.45) is 10.9 Å². The van der Waals surface area contributed by atoms with Crippen LogP contribution in [0.4, 0.5) is 10.2 Å². The van der Waals surface area contributed by atoms with Crippen LogP contribution >= 0.6 is 11.3 Å². The average Bonchev–Trinajstić information content (AvgIpc) is 3.04. The molecule has 3 heterocycles. The lowest BCUT2D eigenvalue weighted by molar-refractivity contribution is 0.598. The normalized spacial score (nSPS) is 11.3. The first kappa shape index (κ1) is 21.4. The average molecular weight is 445 g/mol. The van der Waals surface area contributed by atoms with Crippen LogP contribution in [0, 0.1) is 38.4 Å². The van der Waals surface area contributed by atoms with Crippen molar-refractivity contribution in [3.8, 4) is 11.8 Å². The number of anilines is 1. The minimum absolute atomic E-state index is 0.0116. The number of nitrogens with two attached hydrogens (primary N) is 1. The first-order valence-corrected chi connectivity index (χ1v) is 10.8. The van der Waals surface area contributed by atoms with E-state index < -0.39 is 21.7 Å². The molecule has 3 rings (SSSR count). The van der Waals surface area contributed by atoms with E-state index in [0.29, 0.717) is 21.8 Å². The summed E-state index contributed by atoms with van der Waals surface area (Å²) in [7, 11) is -4.03. The smallest absolute Gasteiger partial charge is 0.274 e. The molecule has 0 atom stereocenters. The molecule has 0 spiro atoms. The lowest BCUT2D eigenvalue weighted by Crippen LogP contribution is -2.15. The fourth-order valence-electron chi connectivity index (χ4n) is 2.52. The Bertz CT molecular complexity index is 1310. The van der Waals surface area contributed by atoms with Gasteiger partial charge in [0.15, 0.2) is 15.8 Å². The fraction of sp³-hybridized carbons (Fsp3) is 0.158. The van der Waals surface area contributed by atoms with Crippen LogP contribution in [0.1, 0.15) is 33.1 Å². The highest BCUT2D eigenvalue weighted by Crippen LogP contribution is 2.26. The maximum Gasteiger partial charge on any atom is 0.274 e. The number of aryl methyl sites for hydroxylation is 3. The number of hydrazone groups is 1. The van der Waals surface area contributed by atoms with Crippen LogP contribution in [-0.2, 0) is 10.0 Å². The number of hydrogen-bond donors (Lipinski definition) is 2. The number of rotatable bonds is 4. The molecule has 0 aromatic carbocycles. The third-order valence-electron chi connectivity index (χ3n) is 3.91. The number of halogens is 1. The van der Waals surface area contributed by atoms with Gasteiger partial charge in [0.2, 0.25) is 0 Å². The van der Waals surface area contributed by atoms with Crippen molar-refractivity contribution in [3.63, 3.8) is 0 Å².